The summed E-state index contributed by atoms with van der Waals surface area (Å²) < 4.78 is 1.16. The zero-order valence-corrected chi connectivity index (χ0v) is 13.6. The lowest BCUT2D eigenvalue weighted by Gasteiger charge is -2.30. The van der Waals surface area contributed by atoms with E-state index in [1.807, 2.05) is 0 Å². The van der Waals surface area contributed by atoms with E-state index in [1.54, 1.807) is 0 Å². The Morgan fingerprint density at radius 3 is 2.79 bits per heavy atom. The van der Waals surface area contributed by atoms with Gasteiger partial charge in [0.05, 0.1) is 0 Å². The zero-order chi connectivity index (χ0) is 13.7. The van der Waals surface area contributed by atoms with Gasteiger partial charge in [-0.3, -0.25) is 0 Å². The molecule has 1 atom stereocenters. The fourth-order valence-electron chi connectivity index (χ4n) is 2.62. The third-order valence-corrected chi connectivity index (χ3v) is 4.60. The summed E-state index contributed by atoms with van der Waals surface area (Å²) in [5, 5.41) is 3.62. The molecule has 0 aromatic heterocycles. The topological polar surface area (TPSA) is 15.3 Å². The fraction of sp³-hybridized carbons (Fsp3) is 0.625. The molecule has 0 radical (unpaired) electrons. The van der Waals surface area contributed by atoms with Gasteiger partial charge in [0.25, 0.3) is 0 Å². The Hall–Kier alpha value is -0.380. The van der Waals surface area contributed by atoms with Crippen LogP contribution in [0.3, 0.4) is 0 Å². The molecule has 0 spiro atoms. The molecular weight excluding hydrogens is 300 g/mol. The summed E-state index contributed by atoms with van der Waals surface area (Å²) in [6, 6.07) is 8.97. The number of hydrogen-bond donors (Lipinski definition) is 1. The minimum atomic E-state index is 0.418. The number of halogens is 1. The van der Waals surface area contributed by atoms with E-state index in [0.29, 0.717) is 6.04 Å². The summed E-state index contributed by atoms with van der Waals surface area (Å²) >= 11 is 3.53. The molecule has 1 aliphatic heterocycles. The second-order valence-corrected chi connectivity index (χ2v) is 6.67. The van der Waals surface area contributed by atoms with Crippen LogP contribution in [0, 0.1) is 5.92 Å². The van der Waals surface area contributed by atoms with Crippen LogP contribution in [-0.2, 0) is 0 Å². The molecule has 1 aliphatic rings. The number of rotatable bonds is 5. The number of piperidine rings is 1. The summed E-state index contributed by atoms with van der Waals surface area (Å²) in [5.41, 5.74) is 1.35. The van der Waals surface area contributed by atoms with E-state index in [1.165, 1.54) is 38.0 Å². The SMILES string of the molecule is CC1CCN(CCNC(C)c2cccc(Br)c2)CC1. The number of hydrogen-bond acceptors (Lipinski definition) is 2. The maximum absolute atomic E-state index is 3.62. The molecule has 1 fully saturated rings. The third kappa shape index (κ3) is 4.90. The minimum Gasteiger partial charge on any atom is -0.309 e. The molecule has 0 bridgehead atoms. The van der Waals surface area contributed by atoms with Gasteiger partial charge in [-0.15, -0.1) is 0 Å². The molecule has 1 heterocycles. The number of likely N-dealkylation sites (tertiary alicyclic amines) is 1. The average molecular weight is 325 g/mol. The number of nitrogens with zero attached hydrogens (tertiary/aromatic N) is 1. The molecule has 1 aromatic carbocycles. The van der Waals surface area contributed by atoms with E-state index in [4.69, 9.17) is 0 Å². The number of nitrogens with one attached hydrogen (secondary N) is 1. The first-order valence-corrected chi connectivity index (χ1v) is 8.15. The molecule has 2 rings (SSSR count). The van der Waals surface area contributed by atoms with Crippen LogP contribution in [0.2, 0.25) is 0 Å². The molecule has 1 unspecified atom stereocenters. The number of benzene rings is 1. The molecule has 106 valence electrons. The highest BCUT2D eigenvalue weighted by molar-refractivity contribution is 9.10. The van der Waals surface area contributed by atoms with Crippen molar-refractivity contribution in [3.63, 3.8) is 0 Å². The largest absolute Gasteiger partial charge is 0.309 e. The van der Waals surface area contributed by atoms with Crippen molar-refractivity contribution in [3.05, 3.63) is 34.3 Å². The van der Waals surface area contributed by atoms with Gasteiger partial charge < -0.3 is 10.2 Å². The second kappa shape index (κ2) is 7.41. The normalized spacial score (nSPS) is 19.5. The van der Waals surface area contributed by atoms with Crippen LogP contribution in [0.5, 0.6) is 0 Å². The van der Waals surface area contributed by atoms with Crippen molar-refractivity contribution in [1.82, 2.24) is 10.2 Å². The van der Waals surface area contributed by atoms with Crippen molar-refractivity contribution in [1.29, 1.82) is 0 Å². The average Bonchev–Trinajstić information content (AvgIpc) is 2.41. The predicted octanol–water partition coefficient (Wildman–Crippen LogP) is 3.83. The van der Waals surface area contributed by atoms with E-state index in [0.717, 1.165) is 16.9 Å². The van der Waals surface area contributed by atoms with E-state index >= 15 is 0 Å². The van der Waals surface area contributed by atoms with Crippen LogP contribution in [0.25, 0.3) is 0 Å². The molecular formula is C16H25BrN2. The minimum absolute atomic E-state index is 0.418. The molecule has 2 nitrogen and oxygen atoms in total. The van der Waals surface area contributed by atoms with Gasteiger partial charge in [0, 0.05) is 23.6 Å². The first kappa shape index (κ1) is 15.0. The predicted molar refractivity (Wildman–Crippen MR) is 85.4 cm³/mol. The Bertz CT molecular complexity index is 386. The maximum Gasteiger partial charge on any atom is 0.0292 e. The third-order valence-electron chi connectivity index (χ3n) is 4.10. The fourth-order valence-corrected chi connectivity index (χ4v) is 3.04. The van der Waals surface area contributed by atoms with E-state index < -0.39 is 0 Å². The van der Waals surface area contributed by atoms with Crippen LogP contribution in [0.4, 0.5) is 0 Å². The summed E-state index contributed by atoms with van der Waals surface area (Å²) in [6.45, 7) is 9.39. The molecule has 0 amide bonds. The van der Waals surface area contributed by atoms with Crippen LogP contribution in [0.1, 0.15) is 38.3 Å². The summed E-state index contributed by atoms with van der Waals surface area (Å²) in [6.07, 6.45) is 2.72. The standard InChI is InChI=1S/C16H25BrN2/c1-13-6-9-19(10-7-13)11-8-18-14(2)15-4-3-5-16(17)12-15/h3-5,12-14,18H,6-11H2,1-2H3. The van der Waals surface area contributed by atoms with Crippen molar-refractivity contribution in [2.75, 3.05) is 26.2 Å². The van der Waals surface area contributed by atoms with Gasteiger partial charge in [-0.2, -0.15) is 0 Å². The molecule has 1 N–H and O–H groups in total. The second-order valence-electron chi connectivity index (χ2n) is 5.75. The lowest BCUT2D eigenvalue weighted by atomic mass is 9.99. The smallest absolute Gasteiger partial charge is 0.0292 e. The Labute approximate surface area is 125 Å². The molecule has 1 aromatic rings. The van der Waals surface area contributed by atoms with Gasteiger partial charge in [-0.25, -0.2) is 0 Å². The Balaban J connectivity index is 1.70. The Kier molecular flexibility index (Phi) is 5.86. The highest BCUT2D eigenvalue weighted by Crippen LogP contribution is 2.18. The maximum atomic E-state index is 3.62. The lowest BCUT2D eigenvalue weighted by Crippen LogP contribution is -2.38. The molecule has 3 heteroatoms. The van der Waals surface area contributed by atoms with Crippen molar-refractivity contribution < 1.29 is 0 Å². The zero-order valence-electron chi connectivity index (χ0n) is 12.0. The van der Waals surface area contributed by atoms with Crippen molar-refractivity contribution in [2.45, 2.75) is 32.7 Å². The van der Waals surface area contributed by atoms with Crippen LogP contribution in [0.15, 0.2) is 28.7 Å². The van der Waals surface area contributed by atoms with E-state index in [2.05, 4.69) is 64.3 Å². The quantitative estimate of drug-likeness (QED) is 0.885. The van der Waals surface area contributed by atoms with Crippen LogP contribution in [-0.4, -0.2) is 31.1 Å². The van der Waals surface area contributed by atoms with Crippen molar-refractivity contribution in [2.24, 2.45) is 5.92 Å². The van der Waals surface area contributed by atoms with E-state index in [-0.39, 0.29) is 0 Å². The summed E-state index contributed by atoms with van der Waals surface area (Å²) in [4.78, 5) is 2.58. The van der Waals surface area contributed by atoms with E-state index in [9.17, 15) is 0 Å². The van der Waals surface area contributed by atoms with Crippen LogP contribution < -0.4 is 5.32 Å². The van der Waals surface area contributed by atoms with Gasteiger partial charge in [0.15, 0.2) is 0 Å². The highest BCUT2D eigenvalue weighted by Gasteiger charge is 2.15. The van der Waals surface area contributed by atoms with Gasteiger partial charge in [0.1, 0.15) is 0 Å². The lowest BCUT2D eigenvalue weighted by molar-refractivity contribution is 0.191. The molecule has 0 aliphatic carbocycles. The monoisotopic (exact) mass is 324 g/mol. The summed E-state index contributed by atoms with van der Waals surface area (Å²) in [7, 11) is 0. The van der Waals surface area contributed by atoms with Crippen molar-refractivity contribution >= 4 is 15.9 Å². The molecule has 1 saturated heterocycles. The van der Waals surface area contributed by atoms with Gasteiger partial charge >= 0.3 is 0 Å². The van der Waals surface area contributed by atoms with Gasteiger partial charge in [-0.1, -0.05) is 35.0 Å². The highest BCUT2D eigenvalue weighted by atomic mass is 79.9. The Morgan fingerprint density at radius 2 is 2.11 bits per heavy atom. The van der Waals surface area contributed by atoms with Crippen LogP contribution >= 0.6 is 15.9 Å². The first-order chi connectivity index (χ1) is 9.15. The summed E-state index contributed by atoms with van der Waals surface area (Å²) in [5.74, 6) is 0.921. The molecule has 0 saturated carbocycles. The first-order valence-electron chi connectivity index (χ1n) is 7.36. The van der Waals surface area contributed by atoms with Crippen molar-refractivity contribution in [3.8, 4) is 0 Å². The Morgan fingerprint density at radius 1 is 1.37 bits per heavy atom. The van der Waals surface area contributed by atoms with Gasteiger partial charge in [0.2, 0.25) is 0 Å². The van der Waals surface area contributed by atoms with Gasteiger partial charge in [-0.05, 0) is 56.5 Å². The molecule has 19 heavy (non-hydrogen) atoms.